The minimum absolute atomic E-state index is 1.29. The van der Waals surface area contributed by atoms with Crippen molar-refractivity contribution in [3.05, 3.63) is 0 Å². The van der Waals surface area contributed by atoms with E-state index in [-0.39, 0.29) is 0 Å². The van der Waals surface area contributed by atoms with Crippen molar-refractivity contribution >= 4 is 30.6 Å². The first kappa shape index (κ1) is 12.0. The zero-order valence-corrected chi connectivity index (χ0v) is 13.8. The van der Waals surface area contributed by atoms with Crippen molar-refractivity contribution in [2.75, 3.05) is 0 Å². The maximum atomic E-state index is 6.26. The van der Waals surface area contributed by atoms with E-state index >= 15 is 0 Å². The molecule has 0 aromatic carbocycles. The van der Waals surface area contributed by atoms with E-state index in [0.29, 0.717) is 0 Å². The molecule has 0 spiro atoms. The Kier molecular flexibility index (Phi) is 3.21. The summed E-state index contributed by atoms with van der Waals surface area (Å²) in [4.78, 5) is 0. The topological polar surface area (TPSA) is 18.5 Å². The van der Waals surface area contributed by atoms with Crippen molar-refractivity contribution in [1.29, 1.82) is 0 Å². The van der Waals surface area contributed by atoms with Crippen LogP contribution in [-0.4, -0.2) is 30.6 Å². The molecule has 5 heteroatoms. The van der Waals surface area contributed by atoms with Crippen LogP contribution in [0.5, 0.6) is 0 Å². The van der Waals surface area contributed by atoms with E-state index in [0.717, 1.165) is 0 Å². The third kappa shape index (κ3) is 3.87. The molecule has 0 N–H and O–H groups in total. The summed E-state index contributed by atoms with van der Waals surface area (Å²) in [5, 5.41) is 0. The summed E-state index contributed by atoms with van der Waals surface area (Å²) in [5.41, 5.74) is 0. The molecule has 1 rings (SSSR count). The monoisotopic (exact) mass is 280 g/mol. The number of hydrogen-bond acceptors (Lipinski definition) is 2. The second kappa shape index (κ2) is 3.48. The molecular formula is C8H22GeO2Si2. The van der Waals surface area contributed by atoms with Crippen molar-refractivity contribution in [3.63, 3.8) is 0 Å². The molecule has 2 nitrogen and oxygen atoms in total. The average molecular weight is 279 g/mol. The summed E-state index contributed by atoms with van der Waals surface area (Å²) in [7, 11) is -2.74. The molecule has 1 aliphatic heterocycles. The second-order valence-electron chi connectivity index (χ2n) is 5.62. The Balaban J connectivity index is 2.82. The summed E-state index contributed by atoms with van der Waals surface area (Å²) in [6.45, 7) is 9.33. The van der Waals surface area contributed by atoms with Gasteiger partial charge in [0.2, 0.25) is 0 Å². The van der Waals surface area contributed by atoms with Gasteiger partial charge in [-0.2, -0.15) is 0 Å². The molecule has 0 aliphatic carbocycles. The molecule has 0 unspecified atom stereocenters. The molecule has 0 aromatic rings. The average Bonchev–Trinajstić information content (AvgIpc) is 1.83. The van der Waals surface area contributed by atoms with Gasteiger partial charge in [-0.05, 0) is 0 Å². The van der Waals surface area contributed by atoms with Crippen LogP contribution in [-0.2, 0) is 6.91 Å². The quantitative estimate of drug-likeness (QED) is 0.634. The first-order valence-electron chi connectivity index (χ1n) is 5.02. The third-order valence-electron chi connectivity index (χ3n) is 2.37. The molecule has 0 bridgehead atoms. The minimum atomic E-state index is -2.29. The van der Waals surface area contributed by atoms with Crippen LogP contribution < -0.4 is 0 Å². The van der Waals surface area contributed by atoms with E-state index in [4.69, 9.17) is 6.91 Å². The molecule has 0 amide bonds. The Bertz CT molecular complexity index is 184. The maximum absolute atomic E-state index is 6.26. The number of rotatable bonds is 0. The van der Waals surface area contributed by atoms with Crippen LogP contribution in [0.3, 0.4) is 0 Å². The Morgan fingerprint density at radius 3 is 1.46 bits per heavy atom. The van der Waals surface area contributed by atoms with Crippen LogP contribution in [0.2, 0.25) is 49.8 Å². The van der Waals surface area contributed by atoms with Crippen LogP contribution in [0.15, 0.2) is 0 Å². The van der Waals surface area contributed by atoms with E-state index in [1.54, 1.807) is 0 Å². The fourth-order valence-corrected chi connectivity index (χ4v) is 28.7. The summed E-state index contributed by atoms with van der Waals surface area (Å²) < 4.78 is 12.5. The standard InChI is InChI=1S/C8H22GeO2Si2/c1-9(2)10-12(3,4)7-8-13(5,6)11-9/h7-8H2,1-6H3. The predicted molar refractivity (Wildman–Crippen MR) is 64.2 cm³/mol. The van der Waals surface area contributed by atoms with Crippen molar-refractivity contribution < 1.29 is 6.91 Å². The fraction of sp³-hybridized carbons (Fsp3) is 1.00. The first-order chi connectivity index (χ1) is 5.62. The van der Waals surface area contributed by atoms with E-state index in [9.17, 15) is 0 Å². The van der Waals surface area contributed by atoms with Crippen LogP contribution in [0, 0.1) is 0 Å². The molecule has 1 aliphatic rings. The van der Waals surface area contributed by atoms with Crippen molar-refractivity contribution in [3.8, 4) is 0 Å². The molecule has 1 saturated heterocycles. The summed E-state index contributed by atoms with van der Waals surface area (Å²) in [6.07, 6.45) is 0. The van der Waals surface area contributed by atoms with E-state index in [1.165, 1.54) is 12.1 Å². The van der Waals surface area contributed by atoms with Gasteiger partial charge in [0.15, 0.2) is 0 Å². The molecule has 0 saturated carbocycles. The Labute approximate surface area is 87.3 Å². The first-order valence-corrected chi connectivity index (χ1v) is 17.2. The molecule has 0 atom stereocenters. The van der Waals surface area contributed by atoms with Gasteiger partial charge in [-0.15, -0.1) is 0 Å². The van der Waals surface area contributed by atoms with Crippen molar-refractivity contribution in [2.24, 2.45) is 0 Å². The van der Waals surface area contributed by atoms with Gasteiger partial charge < -0.3 is 0 Å². The van der Waals surface area contributed by atoms with Gasteiger partial charge in [0, 0.05) is 0 Å². The molecule has 1 heterocycles. The SMILES string of the molecule is C[Si]1(C)CC[Si](C)(C)[O][Ge]([CH3])([CH3])[O]1. The molecule has 0 radical (unpaired) electrons. The van der Waals surface area contributed by atoms with Crippen LogP contribution in [0.25, 0.3) is 0 Å². The molecule has 13 heavy (non-hydrogen) atoms. The summed E-state index contributed by atoms with van der Waals surface area (Å²) in [6, 6.07) is 2.59. The zero-order valence-electron chi connectivity index (χ0n) is 9.73. The second-order valence-corrected chi connectivity index (χ2v) is 22.5. The Morgan fingerprint density at radius 1 is 0.846 bits per heavy atom. The zero-order chi connectivity index (χ0) is 10.3. The van der Waals surface area contributed by atoms with Gasteiger partial charge in [0.05, 0.1) is 0 Å². The predicted octanol–water partition coefficient (Wildman–Crippen LogP) is 3.15. The van der Waals surface area contributed by atoms with Gasteiger partial charge in [-0.3, -0.25) is 0 Å². The molecular weight excluding hydrogens is 257 g/mol. The van der Waals surface area contributed by atoms with Crippen molar-refractivity contribution in [1.82, 2.24) is 0 Å². The van der Waals surface area contributed by atoms with E-state index in [1.807, 2.05) is 0 Å². The van der Waals surface area contributed by atoms with Crippen LogP contribution >= 0.6 is 0 Å². The molecule has 0 aromatic heterocycles. The summed E-state index contributed by atoms with van der Waals surface area (Å²) >= 11 is -2.29. The van der Waals surface area contributed by atoms with Gasteiger partial charge in [0.25, 0.3) is 0 Å². The number of hydrogen-bond donors (Lipinski definition) is 0. The normalized spacial score (nSPS) is 30.9. The van der Waals surface area contributed by atoms with Gasteiger partial charge >= 0.3 is 87.3 Å². The van der Waals surface area contributed by atoms with E-state index < -0.39 is 30.6 Å². The fourth-order valence-electron chi connectivity index (χ4n) is 2.06. The van der Waals surface area contributed by atoms with Gasteiger partial charge in [-0.25, -0.2) is 0 Å². The van der Waals surface area contributed by atoms with Crippen molar-refractivity contribution in [2.45, 2.75) is 49.8 Å². The Morgan fingerprint density at radius 2 is 1.15 bits per heavy atom. The van der Waals surface area contributed by atoms with Crippen LogP contribution in [0.1, 0.15) is 0 Å². The summed E-state index contributed by atoms with van der Waals surface area (Å²) in [5.74, 6) is 4.49. The molecule has 78 valence electrons. The van der Waals surface area contributed by atoms with Gasteiger partial charge in [-0.1, -0.05) is 0 Å². The van der Waals surface area contributed by atoms with Gasteiger partial charge in [0.1, 0.15) is 0 Å². The third-order valence-corrected chi connectivity index (χ3v) is 21.0. The Hall–Kier alpha value is 0.897. The van der Waals surface area contributed by atoms with E-state index in [2.05, 4.69) is 37.7 Å². The molecule has 1 fully saturated rings. The van der Waals surface area contributed by atoms with Crippen LogP contribution in [0.4, 0.5) is 0 Å².